The van der Waals surface area contributed by atoms with Gasteiger partial charge in [0.25, 0.3) is 11.8 Å². The summed E-state index contributed by atoms with van der Waals surface area (Å²) in [5.41, 5.74) is 3.91. The lowest BCUT2D eigenvalue weighted by molar-refractivity contribution is -0.127. The summed E-state index contributed by atoms with van der Waals surface area (Å²) in [6.07, 6.45) is 0. The van der Waals surface area contributed by atoms with Gasteiger partial charge < -0.3 is 14.5 Å². The summed E-state index contributed by atoms with van der Waals surface area (Å²) in [5, 5.41) is 0. The van der Waals surface area contributed by atoms with Gasteiger partial charge >= 0.3 is 0 Å². The molecule has 2 rings (SSSR count). The molecule has 5 nitrogen and oxygen atoms in total. The van der Waals surface area contributed by atoms with Crippen molar-refractivity contribution in [3.63, 3.8) is 0 Å². The van der Waals surface area contributed by atoms with Crippen LogP contribution in [0, 0.1) is 13.8 Å². The van der Waals surface area contributed by atoms with Gasteiger partial charge in [0, 0.05) is 20.6 Å². The zero-order valence-electron chi connectivity index (χ0n) is 13.8. The van der Waals surface area contributed by atoms with E-state index in [-0.39, 0.29) is 24.1 Å². The van der Waals surface area contributed by atoms with Crippen LogP contribution in [0.15, 0.2) is 29.5 Å². The summed E-state index contributed by atoms with van der Waals surface area (Å²) in [7, 11) is 4.81. The van der Waals surface area contributed by atoms with E-state index in [9.17, 15) is 9.59 Å². The van der Waals surface area contributed by atoms with Gasteiger partial charge in [0.15, 0.2) is 5.76 Å². The Morgan fingerprint density at radius 2 is 2.00 bits per heavy atom. The Balaban J connectivity index is 2.17. The third kappa shape index (κ3) is 2.98. The number of carbonyl (C=O) groups excluding carboxylic acids is 2. The standard InChI is InChI=1S/C17H22N2O3/c1-11-6-7-13(8-12(11)2)9-18(3)16(20)14-10-19(4)17(21)15(14)22-5/h6-8H,9-10H2,1-5H3. The minimum atomic E-state index is -0.245. The number of hydrogen-bond acceptors (Lipinski definition) is 3. The molecule has 0 radical (unpaired) electrons. The molecule has 0 spiro atoms. The average Bonchev–Trinajstić information content (AvgIpc) is 2.77. The summed E-state index contributed by atoms with van der Waals surface area (Å²) in [5.74, 6) is -0.266. The van der Waals surface area contributed by atoms with E-state index >= 15 is 0 Å². The van der Waals surface area contributed by atoms with Gasteiger partial charge in [0.2, 0.25) is 0 Å². The molecule has 0 atom stereocenters. The Morgan fingerprint density at radius 3 is 2.59 bits per heavy atom. The summed E-state index contributed by atoms with van der Waals surface area (Å²) >= 11 is 0. The van der Waals surface area contributed by atoms with Crippen LogP contribution in [0.4, 0.5) is 0 Å². The molecule has 22 heavy (non-hydrogen) atoms. The average molecular weight is 302 g/mol. The number of hydrogen-bond donors (Lipinski definition) is 0. The van der Waals surface area contributed by atoms with E-state index in [1.54, 1.807) is 19.0 Å². The third-order valence-electron chi connectivity index (χ3n) is 4.01. The molecule has 0 aromatic heterocycles. The van der Waals surface area contributed by atoms with Crippen molar-refractivity contribution in [2.24, 2.45) is 0 Å². The quantitative estimate of drug-likeness (QED) is 0.849. The molecule has 0 bridgehead atoms. The molecule has 2 amide bonds. The number of aryl methyl sites for hydroxylation is 2. The van der Waals surface area contributed by atoms with Crippen LogP contribution < -0.4 is 0 Å². The zero-order valence-corrected chi connectivity index (χ0v) is 13.8. The van der Waals surface area contributed by atoms with E-state index in [2.05, 4.69) is 26.0 Å². The normalized spacial score (nSPS) is 14.6. The van der Waals surface area contributed by atoms with E-state index in [4.69, 9.17) is 4.74 Å². The van der Waals surface area contributed by atoms with Crippen molar-refractivity contribution >= 4 is 11.8 Å². The maximum absolute atomic E-state index is 12.6. The number of ether oxygens (including phenoxy) is 1. The molecule has 1 aliphatic rings. The highest BCUT2D eigenvalue weighted by Crippen LogP contribution is 2.21. The fourth-order valence-electron chi connectivity index (χ4n) is 2.54. The minimum Gasteiger partial charge on any atom is -0.491 e. The van der Waals surface area contributed by atoms with Crippen molar-refractivity contribution in [1.82, 2.24) is 9.80 Å². The fraction of sp³-hybridized carbons (Fsp3) is 0.412. The van der Waals surface area contributed by atoms with Crippen molar-refractivity contribution in [1.29, 1.82) is 0 Å². The van der Waals surface area contributed by atoms with E-state index < -0.39 is 0 Å². The highest BCUT2D eigenvalue weighted by atomic mass is 16.5. The first-order chi connectivity index (χ1) is 10.3. The summed E-state index contributed by atoms with van der Waals surface area (Å²) in [4.78, 5) is 27.6. The van der Waals surface area contributed by atoms with E-state index in [1.165, 1.54) is 23.1 Å². The largest absolute Gasteiger partial charge is 0.491 e. The Hall–Kier alpha value is -2.30. The Kier molecular flexibility index (Phi) is 4.54. The number of nitrogens with zero attached hydrogens (tertiary/aromatic N) is 2. The molecule has 0 unspecified atom stereocenters. The summed E-state index contributed by atoms with van der Waals surface area (Å²) in [6.45, 7) is 4.90. The number of carbonyl (C=O) groups is 2. The molecule has 118 valence electrons. The maximum Gasteiger partial charge on any atom is 0.289 e. The maximum atomic E-state index is 12.6. The van der Waals surface area contributed by atoms with Crippen LogP contribution in [0.2, 0.25) is 0 Å². The number of methoxy groups -OCH3 is 1. The second kappa shape index (κ2) is 6.22. The fourth-order valence-corrected chi connectivity index (χ4v) is 2.54. The topological polar surface area (TPSA) is 49.9 Å². The molecule has 5 heteroatoms. The Labute approximate surface area is 131 Å². The first-order valence-corrected chi connectivity index (χ1v) is 7.19. The first kappa shape index (κ1) is 16.1. The molecule has 0 aliphatic carbocycles. The van der Waals surface area contributed by atoms with Crippen molar-refractivity contribution < 1.29 is 14.3 Å². The smallest absolute Gasteiger partial charge is 0.289 e. The van der Waals surface area contributed by atoms with Gasteiger partial charge in [0.05, 0.1) is 19.2 Å². The molecule has 1 heterocycles. The Morgan fingerprint density at radius 1 is 1.32 bits per heavy atom. The van der Waals surface area contributed by atoms with E-state index in [1.807, 2.05) is 6.07 Å². The van der Waals surface area contributed by atoms with Crippen molar-refractivity contribution in [3.8, 4) is 0 Å². The lowest BCUT2D eigenvalue weighted by Crippen LogP contribution is -2.30. The second-order valence-corrected chi connectivity index (χ2v) is 5.75. The number of benzene rings is 1. The van der Waals surface area contributed by atoms with Crippen molar-refractivity contribution in [2.45, 2.75) is 20.4 Å². The summed E-state index contributed by atoms with van der Waals surface area (Å²) < 4.78 is 5.10. The first-order valence-electron chi connectivity index (χ1n) is 7.19. The monoisotopic (exact) mass is 302 g/mol. The molecule has 1 aromatic rings. The lowest BCUT2D eigenvalue weighted by Gasteiger charge is -2.19. The van der Waals surface area contributed by atoms with Crippen LogP contribution in [0.1, 0.15) is 16.7 Å². The Bertz CT molecular complexity index is 649. The zero-order chi connectivity index (χ0) is 16.4. The molecule has 0 saturated carbocycles. The SMILES string of the molecule is COC1=C(C(=O)N(C)Cc2ccc(C)c(C)c2)CN(C)C1=O. The van der Waals surface area contributed by atoms with Gasteiger partial charge in [-0.15, -0.1) is 0 Å². The van der Waals surface area contributed by atoms with E-state index in [0.717, 1.165) is 5.56 Å². The predicted octanol–water partition coefficient (Wildman–Crippen LogP) is 1.63. The van der Waals surface area contributed by atoms with Crippen molar-refractivity contribution in [3.05, 3.63) is 46.2 Å². The summed E-state index contributed by atoms with van der Waals surface area (Å²) in [6, 6.07) is 6.15. The van der Waals surface area contributed by atoms with Gasteiger partial charge in [-0.1, -0.05) is 18.2 Å². The number of rotatable bonds is 4. The highest BCUT2D eigenvalue weighted by Gasteiger charge is 2.34. The van der Waals surface area contributed by atoms with Gasteiger partial charge in [-0.25, -0.2) is 0 Å². The van der Waals surface area contributed by atoms with Crippen LogP contribution in [-0.2, 0) is 20.9 Å². The molecule has 1 aliphatic heterocycles. The van der Waals surface area contributed by atoms with Crippen molar-refractivity contribution in [2.75, 3.05) is 27.7 Å². The van der Waals surface area contributed by atoms with Gasteiger partial charge in [-0.05, 0) is 30.5 Å². The number of likely N-dealkylation sites (N-methyl/N-ethyl adjacent to an activating group) is 2. The third-order valence-corrected chi connectivity index (χ3v) is 4.01. The number of amides is 2. The van der Waals surface area contributed by atoms with Crippen LogP contribution in [0.5, 0.6) is 0 Å². The minimum absolute atomic E-state index is 0.152. The second-order valence-electron chi connectivity index (χ2n) is 5.75. The van der Waals surface area contributed by atoms with Gasteiger partial charge in [0.1, 0.15) is 0 Å². The van der Waals surface area contributed by atoms with Crippen LogP contribution in [-0.4, -0.2) is 49.4 Å². The molecule has 1 aromatic carbocycles. The van der Waals surface area contributed by atoms with Crippen LogP contribution >= 0.6 is 0 Å². The molecule has 0 fully saturated rings. The van der Waals surface area contributed by atoms with Gasteiger partial charge in [-0.2, -0.15) is 0 Å². The highest BCUT2D eigenvalue weighted by molar-refractivity contribution is 6.07. The van der Waals surface area contributed by atoms with E-state index in [0.29, 0.717) is 12.1 Å². The predicted molar refractivity (Wildman–Crippen MR) is 84.1 cm³/mol. The van der Waals surface area contributed by atoms with Crippen LogP contribution in [0.25, 0.3) is 0 Å². The lowest BCUT2D eigenvalue weighted by atomic mass is 10.1. The molecular formula is C17H22N2O3. The van der Waals surface area contributed by atoms with Gasteiger partial charge in [-0.3, -0.25) is 9.59 Å². The molecule has 0 N–H and O–H groups in total. The molecular weight excluding hydrogens is 280 g/mol. The molecule has 0 saturated heterocycles. The van der Waals surface area contributed by atoms with Crippen LogP contribution in [0.3, 0.4) is 0 Å².